The van der Waals surface area contributed by atoms with Crippen molar-refractivity contribution in [3.63, 3.8) is 0 Å². The summed E-state index contributed by atoms with van der Waals surface area (Å²) in [6, 6.07) is 7.49. The minimum Gasteiger partial charge on any atom is -0.491 e. The first-order chi connectivity index (χ1) is 9.28. The highest BCUT2D eigenvalue weighted by molar-refractivity contribution is 5.90. The van der Waals surface area contributed by atoms with Gasteiger partial charge < -0.3 is 15.4 Å². The Morgan fingerprint density at radius 3 is 2.55 bits per heavy atom. The number of benzene rings is 1. The van der Waals surface area contributed by atoms with E-state index in [1.54, 1.807) is 0 Å². The Kier molecular flexibility index (Phi) is 6.02. The molecule has 0 spiro atoms. The highest BCUT2D eigenvalue weighted by atomic mass is 16.5. The van der Waals surface area contributed by atoms with E-state index in [1.165, 1.54) is 6.92 Å². The van der Waals surface area contributed by atoms with E-state index in [9.17, 15) is 4.79 Å². The fourth-order valence-electron chi connectivity index (χ4n) is 1.66. The van der Waals surface area contributed by atoms with E-state index < -0.39 is 0 Å². The number of rotatable bonds is 6. The van der Waals surface area contributed by atoms with Crippen molar-refractivity contribution in [1.82, 2.24) is 5.32 Å². The molecule has 0 saturated carbocycles. The predicted octanol–water partition coefficient (Wildman–Crippen LogP) is 3.05. The third-order valence-corrected chi connectivity index (χ3v) is 2.70. The number of nitrogens with one attached hydrogen (secondary N) is 2. The summed E-state index contributed by atoms with van der Waals surface area (Å²) < 4.78 is 5.81. The normalized spacial score (nSPS) is 12.8. The second kappa shape index (κ2) is 7.29. The molecule has 0 bridgehead atoms. The van der Waals surface area contributed by atoms with E-state index in [1.807, 2.05) is 24.3 Å². The predicted molar refractivity (Wildman–Crippen MR) is 83.2 cm³/mol. The van der Waals surface area contributed by atoms with Gasteiger partial charge in [0.1, 0.15) is 5.75 Å². The number of anilines is 1. The number of carbonyl (C=O) groups excluding carboxylic acids is 1. The molecule has 1 amide bonds. The summed E-state index contributed by atoms with van der Waals surface area (Å²) in [5, 5.41) is 6.23. The van der Waals surface area contributed by atoms with E-state index >= 15 is 0 Å². The van der Waals surface area contributed by atoms with Gasteiger partial charge in [-0.25, -0.2) is 0 Å². The first-order valence-electron chi connectivity index (χ1n) is 7.02. The van der Waals surface area contributed by atoms with Crippen molar-refractivity contribution in [2.75, 3.05) is 18.5 Å². The fraction of sp³-hybridized carbons (Fsp3) is 0.562. The lowest BCUT2D eigenvalue weighted by atomic mass is 10.1. The maximum atomic E-state index is 11.1. The third-order valence-electron chi connectivity index (χ3n) is 2.70. The molecule has 1 rings (SSSR count). The molecule has 20 heavy (non-hydrogen) atoms. The van der Waals surface area contributed by atoms with Crippen molar-refractivity contribution in [1.29, 1.82) is 0 Å². The Labute approximate surface area is 121 Å². The molecule has 1 atom stereocenters. The average molecular weight is 278 g/mol. The molecule has 1 aromatic carbocycles. The Balaban J connectivity index is 2.50. The summed E-state index contributed by atoms with van der Waals surface area (Å²) in [5.74, 6) is 1.01. The standard InChI is InChI=1S/C16H26N2O2/c1-12(10-17-16(3,4)5)11-20-15-9-7-6-8-14(15)18-13(2)19/h6-9,12,17H,10-11H2,1-5H3,(H,18,19). The summed E-state index contributed by atoms with van der Waals surface area (Å²) in [7, 11) is 0. The molecule has 4 nitrogen and oxygen atoms in total. The molecule has 1 unspecified atom stereocenters. The number of hydrogen-bond acceptors (Lipinski definition) is 3. The quantitative estimate of drug-likeness (QED) is 0.841. The van der Waals surface area contributed by atoms with Crippen molar-refractivity contribution in [3.8, 4) is 5.75 Å². The van der Waals surface area contributed by atoms with Gasteiger partial charge in [0, 0.05) is 24.9 Å². The van der Waals surface area contributed by atoms with Crippen LogP contribution in [0.15, 0.2) is 24.3 Å². The minimum absolute atomic E-state index is 0.0940. The SMILES string of the molecule is CC(=O)Nc1ccccc1OCC(C)CNC(C)(C)C. The van der Waals surface area contributed by atoms with Crippen LogP contribution in [0.3, 0.4) is 0 Å². The van der Waals surface area contributed by atoms with Gasteiger partial charge in [0.25, 0.3) is 0 Å². The van der Waals surface area contributed by atoms with Gasteiger partial charge in [-0.05, 0) is 32.9 Å². The first-order valence-corrected chi connectivity index (χ1v) is 7.02. The van der Waals surface area contributed by atoms with E-state index in [4.69, 9.17) is 4.74 Å². The Morgan fingerprint density at radius 2 is 1.95 bits per heavy atom. The molecule has 112 valence electrons. The van der Waals surface area contributed by atoms with Crippen molar-refractivity contribution >= 4 is 11.6 Å². The topological polar surface area (TPSA) is 50.4 Å². The van der Waals surface area contributed by atoms with Crippen LogP contribution in [-0.4, -0.2) is 24.6 Å². The summed E-state index contributed by atoms with van der Waals surface area (Å²) in [4.78, 5) is 11.1. The Morgan fingerprint density at radius 1 is 1.30 bits per heavy atom. The van der Waals surface area contributed by atoms with E-state index in [0.717, 1.165) is 12.2 Å². The largest absolute Gasteiger partial charge is 0.491 e. The molecular weight excluding hydrogens is 252 g/mol. The smallest absolute Gasteiger partial charge is 0.221 e. The van der Waals surface area contributed by atoms with Crippen LogP contribution in [0.1, 0.15) is 34.6 Å². The van der Waals surface area contributed by atoms with Gasteiger partial charge in [-0.3, -0.25) is 4.79 Å². The molecule has 2 N–H and O–H groups in total. The van der Waals surface area contributed by atoms with E-state index in [2.05, 4.69) is 38.3 Å². The van der Waals surface area contributed by atoms with Crippen LogP contribution < -0.4 is 15.4 Å². The summed E-state index contributed by atoms with van der Waals surface area (Å²) in [5.41, 5.74) is 0.832. The van der Waals surface area contributed by atoms with Crippen LogP contribution in [-0.2, 0) is 4.79 Å². The van der Waals surface area contributed by atoms with Gasteiger partial charge in [-0.1, -0.05) is 19.1 Å². The van der Waals surface area contributed by atoms with E-state index in [-0.39, 0.29) is 11.4 Å². The highest BCUT2D eigenvalue weighted by Crippen LogP contribution is 2.24. The van der Waals surface area contributed by atoms with Gasteiger partial charge in [0.15, 0.2) is 0 Å². The molecule has 4 heteroatoms. The van der Waals surface area contributed by atoms with Crippen LogP contribution in [0.5, 0.6) is 5.75 Å². The number of carbonyl (C=O) groups is 1. The maximum Gasteiger partial charge on any atom is 0.221 e. The van der Waals surface area contributed by atoms with Gasteiger partial charge in [0.05, 0.1) is 12.3 Å². The molecule has 0 aliphatic heterocycles. The first kappa shape index (κ1) is 16.5. The van der Waals surface area contributed by atoms with Gasteiger partial charge in [-0.2, -0.15) is 0 Å². The molecule has 1 aromatic rings. The van der Waals surface area contributed by atoms with E-state index in [0.29, 0.717) is 18.3 Å². The Hall–Kier alpha value is -1.55. The van der Waals surface area contributed by atoms with Crippen molar-refractivity contribution in [3.05, 3.63) is 24.3 Å². The lowest BCUT2D eigenvalue weighted by Gasteiger charge is -2.23. The molecule has 0 radical (unpaired) electrons. The van der Waals surface area contributed by atoms with Crippen LogP contribution in [0.2, 0.25) is 0 Å². The van der Waals surface area contributed by atoms with Crippen LogP contribution in [0, 0.1) is 5.92 Å². The zero-order valence-corrected chi connectivity index (χ0v) is 13.1. The van der Waals surface area contributed by atoms with Gasteiger partial charge in [0.2, 0.25) is 5.91 Å². The fourth-order valence-corrected chi connectivity index (χ4v) is 1.66. The number of para-hydroxylation sites is 2. The van der Waals surface area contributed by atoms with Gasteiger partial charge >= 0.3 is 0 Å². The van der Waals surface area contributed by atoms with Crippen molar-refractivity contribution in [2.24, 2.45) is 5.92 Å². The second-order valence-electron chi connectivity index (χ2n) is 6.22. The summed E-state index contributed by atoms with van der Waals surface area (Å²) in [6.07, 6.45) is 0. The van der Waals surface area contributed by atoms with Crippen LogP contribution in [0.25, 0.3) is 0 Å². The molecule has 0 fully saturated rings. The number of hydrogen-bond donors (Lipinski definition) is 2. The van der Waals surface area contributed by atoms with Crippen LogP contribution in [0.4, 0.5) is 5.69 Å². The lowest BCUT2D eigenvalue weighted by Crippen LogP contribution is -2.39. The lowest BCUT2D eigenvalue weighted by molar-refractivity contribution is -0.114. The Bertz CT molecular complexity index is 438. The molecular formula is C16H26N2O2. The molecule has 0 aromatic heterocycles. The zero-order valence-electron chi connectivity index (χ0n) is 13.1. The maximum absolute atomic E-state index is 11.1. The summed E-state index contributed by atoms with van der Waals surface area (Å²) in [6.45, 7) is 11.6. The molecule has 0 saturated heterocycles. The highest BCUT2D eigenvalue weighted by Gasteiger charge is 2.12. The monoisotopic (exact) mass is 278 g/mol. The second-order valence-corrected chi connectivity index (χ2v) is 6.22. The van der Waals surface area contributed by atoms with Crippen LogP contribution >= 0.6 is 0 Å². The third kappa shape index (κ3) is 6.57. The minimum atomic E-state index is -0.0940. The summed E-state index contributed by atoms with van der Waals surface area (Å²) >= 11 is 0. The molecule has 0 aliphatic rings. The number of ether oxygens (including phenoxy) is 1. The molecule has 0 aliphatic carbocycles. The van der Waals surface area contributed by atoms with Gasteiger partial charge in [-0.15, -0.1) is 0 Å². The molecule has 0 heterocycles. The number of amides is 1. The zero-order chi connectivity index (χ0) is 15.2. The average Bonchev–Trinajstić information content (AvgIpc) is 2.34. The van der Waals surface area contributed by atoms with Crippen molar-refractivity contribution in [2.45, 2.75) is 40.2 Å². The van der Waals surface area contributed by atoms with Crippen molar-refractivity contribution < 1.29 is 9.53 Å².